The molecular weight excluding hydrogens is 238 g/mol. The first-order valence-corrected chi connectivity index (χ1v) is 6.94. The van der Waals surface area contributed by atoms with E-state index >= 15 is 0 Å². The first-order chi connectivity index (χ1) is 8.93. The normalized spacial score (nSPS) is 14.5. The van der Waals surface area contributed by atoms with Gasteiger partial charge in [0.15, 0.2) is 0 Å². The molecule has 2 atom stereocenters. The lowest BCUT2D eigenvalue weighted by Gasteiger charge is -2.22. The van der Waals surface area contributed by atoms with Gasteiger partial charge in [-0.25, -0.2) is 0 Å². The average Bonchev–Trinajstić information content (AvgIpc) is 2.36. The topological polar surface area (TPSA) is 49.3 Å². The number of aliphatic hydroxyl groups is 1. The standard InChI is InChI=1S/C16H25NO2/c1-11(2)14(18)10-17-16(19)15(12(3)4)13-8-6-5-7-9-13/h5-9,11-12,14-15,18H,10H2,1-4H3,(H,17,19). The van der Waals surface area contributed by atoms with E-state index in [1.165, 1.54) is 0 Å². The lowest BCUT2D eigenvalue weighted by Crippen LogP contribution is -2.38. The van der Waals surface area contributed by atoms with Crippen molar-refractivity contribution in [1.82, 2.24) is 5.32 Å². The molecule has 0 aromatic heterocycles. The molecule has 0 bridgehead atoms. The Morgan fingerprint density at radius 3 is 2.16 bits per heavy atom. The van der Waals surface area contributed by atoms with Crippen molar-refractivity contribution in [2.45, 2.75) is 39.7 Å². The van der Waals surface area contributed by atoms with Crippen LogP contribution in [0, 0.1) is 11.8 Å². The van der Waals surface area contributed by atoms with Crippen LogP contribution in [-0.4, -0.2) is 23.7 Å². The summed E-state index contributed by atoms with van der Waals surface area (Å²) in [6.45, 7) is 8.26. The van der Waals surface area contributed by atoms with E-state index in [1.54, 1.807) is 0 Å². The summed E-state index contributed by atoms with van der Waals surface area (Å²) in [5.74, 6) is 0.189. The number of aliphatic hydroxyl groups excluding tert-OH is 1. The highest BCUT2D eigenvalue weighted by Gasteiger charge is 2.24. The first-order valence-electron chi connectivity index (χ1n) is 6.94. The Kier molecular flexibility index (Phi) is 6.03. The highest BCUT2D eigenvalue weighted by molar-refractivity contribution is 5.83. The zero-order valence-electron chi connectivity index (χ0n) is 12.3. The molecule has 0 aliphatic carbocycles. The molecule has 1 amide bonds. The molecule has 106 valence electrons. The Balaban J connectivity index is 2.70. The minimum atomic E-state index is -0.493. The molecular formula is C16H25NO2. The molecule has 1 aromatic carbocycles. The minimum absolute atomic E-state index is 0.0131. The maximum absolute atomic E-state index is 12.3. The summed E-state index contributed by atoms with van der Waals surface area (Å²) in [4.78, 5) is 12.3. The maximum Gasteiger partial charge on any atom is 0.227 e. The van der Waals surface area contributed by atoms with E-state index in [0.29, 0.717) is 6.54 Å². The molecule has 1 aromatic rings. The number of carbonyl (C=O) groups is 1. The van der Waals surface area contributed by atoms with Gasteiger partial charge in [0.2, 0.25) is 5.91 Å². The Labute approximate surface area is 116 Å². The molecule has 0 aliphatic heterocycles. The molecule has 1 rings (SSSR count). The van der Waals surface area contributed by atoms with Crippen LogP contribution < -0.4 is 5.32 Å². The van der Waals surface area contributed by atoms with Crippen LogP contribution in [0.5, 0.6) is 0 Å². The molecule has 0 saturated heterocycles. The molecule has 2 unspecified atom stereocenters. The van der Waals surface area contributed by atoms with Gasteiger partial charge < -0.3 is 10.4 Å². The fourth-order valence-corrected chi connectivity index (χ4v) is 2.05. The van der Waals surface area contributed by atoms with Gasteiger partial charge in [-0.3, -0.25) is 4.79 Å². The van der Waals surface area contributed by atoms with Crippen LogP contribution in [0.4, 0.5) is 0 Å². The molecule has 19 heavy (non-hydrogen) atoms. The number of rotatable bonds is 6. The number of benzene rings is 1. The smallest absolute Gasteiger partial charge is 0.227 e. The van der Waals surface area contributed by atoms with Gasteiger partial charge in [0, 0.05) is 6.54 Å². The second-order valence-corrected chi connectivity index (χ2v) is 5.69. The quantitative estimate of drug-likeness (QED) is 0.828. The van der Waals surface area contributed by atoms with Crippen LogP contribution >= 0.6 is 0 Å². The van der Waals surface area contributed by atoms with Crippen molar-refractivity contribution in [2.75, 3.05) is 6.54 Å². The first kappa shape index (κ1) is 15.7. The molecule has 0 heterocycles. The lowest BCUT2D eigenvalue weighted by molar-refractivity contribution is -0.124. The molecule has 0 aliphatic rings. The van der Waals surface area contributed by atoms with Gasteiger partial charge in [0.25, 0.3) is 0 Å². The summed E-state index contributed by atoms with van der Waals surface area (Å²) < 4.78 is 0. The molecule has 2 N–H and O–H groups in total. The Hall–Kier alpha value is -1.35. The van der Waals surface area contributed by atoms with Gasteiger partial charge in [0.05, 0.1) is 12.0 Å². The van der Waals surface area contributed by atoms with Crippen LogP contribution in [0.25, 0.3) is 0 Å². The largest absolute Gasteiger partial charge is 0.391 e. The van der Waals surface area contributed by atoms with Gasteiger partial charge in [-0.05, 0) is 17.4 Å². The second kappa shape index (κ2) is 7.29. The molecule has 0 spiro atoms. The van der Waals surface area contributed by atoms with E-state index < -0.39 is 6.10 Å². The third-order valence-corrected chi connectivity index (χ3v) is 3.36. The summed E-state index contributed by atoms with van der Waals surface area (Å²) in [6, 6.07) is 9.79. The Bertz CT molecular complexity index is 387. The zero-order chi connectivity index (χ0) is 14.4. The fraction of sp³-hybridized carbons (Fsp3) is 0.562. The third-order valence-electron chi connectivity index (χ3n) is 3.36. The van der Waals surface area contributed by atoms with E-state index in [-0.39, 0.29) is 23.7 Å². The molecule has 0 saturated carbocycles. The second-order valence-electron chi connectivity index (χ2n) is 5.69. The van der Waals surface area contributed by atoms with Gasteiger partial charge in [0.1, 0.15) is 0 Å². The summed E-state index contributed by atoms with van der Waals surface area (Å²) >= 11 is 0. The van der Waals surface area contributed by atoms with Crippen molar-refractivity contribution in [1.29, 1.82) is 0 Å². The van der Waals surface area contributed by atoms with E-state index in [0.717, 1.165) is 5.56 Å². The van der Waals surface area contributed by atoms with E-state index in [4.69, 9.17) is 0 Å². The summed E-state index contributed by atoms with van der Waals surface area (Å²) in [6.07, 6.45) is -0.493. The third kappa shape index (κ3) is 4.67. The summed E-state index contributed by atoms with van der Waals surface area (Å²) in [5, 5.41) is 12.6. The number of hydrogen-bond donors (Lipinski definition) is 2. The van der Waals surface area contributed by atoms with Crippen molar-refractivity contribution in [2.24, 2.45) is 11.8 Å². The van der Waals surface area contributed by atoms with Crippen LogP contribution in [0.2, 0.25) is 0 Å². The van der Waals surface area contributed by atoms with Crippen LogP contribution in [0.1, 0.15) is 39.2 Å². The number of carbonyl (C=O) groups excluding carboxylic acids is 1. The predicted molar refractivity (Wildman–Crippen MR) is 77.9 cm³/mol. The maximum atomic E-state index is 12.3. The number of amides is 1. The van der Waals surface area contributed by atoms with Crippen molar-refractivity contribution in [3.63, 3.8) is 0 Å². The van der Waals surface area contributed by atoms with E-state index in [9.17, 15) is 9.90 Å². The number of nitrogens with one attached hydrogen (secondary N) is 1. The van der Waals surface area contributed by atoms with Gasteiger partial charge in [-0.1, -0.05) is 58.0 Å². The van der Waals surface area contributed by atoms with E-state index in [1.807, 2.05) is 58.0 Å². The van der Waals surface area contributed by atoms with E-state index in [2.05, 4.69) is 5.32 Å². The summed E-state index contributed by atoms with van der Waals surface area (Å²) in [5.41, 5.74) is 1.02. The van der Waals surface area contributed by atoms with Crippen molar-refractivity contribution in [3.8, 4) is 0 Å². The van der Waals surface area contributed by atoms with Gasteiger partial charge in [-0.2, -0.15) is 0 Å². The van der Waals surface area contributed by atoms with Crippen molar-refractivity contribution >= 4 is 5.91 Å². The highest BCUT2D eigenvalue weighted by atomic mass is 16.3. The Morgan fingerprint density at radius 2 is 1.68 bits per heavy atom. The average molecular weight is 263 g/mol. The SMILES string of the molecule is CC(C)C(O)CNC(=O)C(c1ccccc1)C(C)C. The molecule has 0 radical (unpaired) electrons. The molecule has 0 fully saturated rings. The lowest BCUT2D eigenvalue weighted by atomic mass is 9.87. The fourth-order valence-electron chi connectivity index (χ4n) is 2.05. The van der Waals surface area contributed by atoms with Crippen molar-refractivity contribution < 1.29 is 9.90 Å². The van der Waals surface area contributed by atoms with Gasteiger partial charge in [-0.15, -0.1) is 0 Å². The number of hydrogen-bond acceptors (Lipinski definition) is 2. The molecule has 3 nitrogen and oxygen atoms in total. The van der Waals surface area contributed by atoms with Crippen molar-refractivity contribution in [3.05, 3.63) is 35.9 Å². The van der Waals surface area contributed by atoms with Crippen LogP contribution in [0.3, 0.4) is 0 Å². The van der Waals surface area contributed by atoms with Gasteiger partial charge >= 0.3 is 0 Å². The zero-order valence-corrected chi connectivity index (χ0v) is 12.3. The summed E-state index contributed by atoms with van der Waals surface area (Å²) in [7, 11) is 0. The minimum Gasteiger partial charge on any atom is -0.391 e. The van der Waals surface area contributed by atoms with Crippen LogP contribution in [-0.2, 0) is 4.79 Å². The monoisotopic (exact) mass is 263 g/mol. The molecule has 3 heteroatoms. The highest BCUT2D eigenvalue weighted by Crippen LogP contribution is 2.24. The predicted octanol–water partition coefficient (Wildman–Crippen LogP) is 2.56. The Morgan fingerprint density at radius 1 is 1.11 bits per heavy atom. The van der Waals surface area contributed by atoms with Crippen LogP contribution in [0.15, 0.2) is 30.3 Å².